The van der Waals surface area contributed by atoms with E-state index in [1.165, 1.54) is 10.5 Å². The summed E-state index contributed by atoms with van der Waals surface area (Å²) in [7, 11) is 0. The summed E-state index contributed by atoms with van der Waals surface area (Å²) in [6.07, 6.45) is 4.37. The first-order valence-corrected chi connectivity index (χ1v) is 12.4. The lowest BCUT2D eigenvalue weighted by Crippen LogP contribution is -2.38. The van der Waals surface area contributed by atoms with Crippen LogP contribution in [0.15, 0.2) is 83.8 Å². The van der Waals surface area contributed by atoms with Crippen molar-refractivity contribution < 1.29 is 9.53 Å². The number of nitrogens with zero attached hydrogens (tertiary/aromatic N) is 1. The van der Waals surface area contributed by atoms with Gasteiger partial charge in [0.2, 0.25) is 0 Å². The predicted molar refractivity (Wildman–Crippen MR) is 132 cm³/mol. The molecule has 3 aromatic carbocycles. The third-order valence-corrected chi connectivity index (χ3v) is 6.78. The second-order valence-electron chi connectivity index (χ2n) is 8.18. The van der Waals surface area contributed by atoms with Crippen molar-refractivity contribution in [2.75, 3.05) is 25.9 Å². The summed E-state index contributed by atoms with van der Waals surface area (Å²) in [4.78, 5) is 16.5. The lowest BCUT2D eigenvalue weighted by Gasteiger charge is -2.32. The topological polar surface area (TPSA) is 41.6 Å². The molecule has 3 aromatic rings. The van der Waals surface area contributed by atoms with E-state index in [2.05, 4.69) is 40.7 Å². The highest BCUT2D eigenvalue weighted by Crippen LogP contribution is 2.24. The lowest BCUT2D eigenvalue weighted by molar-refractivity contribution is 0.0935. The van der Waals surface area contributed by atoms with Crippen LogP contribution in [0, 0.1) is 5.92 Å². The Morgan fingerprint density at radius 3 is 2.31 bits per heavy atom. The van der Waals surface area contributed by atoms with Crippen molar-refractivity contribution in [2.45, 2.75) is 24.3 Å². The van der Waals surface area contributed by atoms with Crippen molar-refractivity contribution in [3.63, 3.8) is 0 Å². The quantitative estimate of drug-likeness (QED) is 0.441. The molecule has 0 aliphatic carbocycles. The Morgan fingerprint density at radius 2 is 1.59 bits per heavy atom. The van der Waals surface area contributed by atoms with Gasteiger partial charge in [0.25, 0.3) is 5.91 Å². The van der Waals surface area contributed by atoms with Gasteiger partial charge < -0.3 is 10.1 Å². The number of hydrogen-bond donors (Lipinski definition) is 1. The largest absolute Gasteiger partial charge is 0.457 e. The molecular formula is C27H30N2O2S. The van der Waals surface area contributed by atoms with Gasteiger partial charge in [-0.2, -0.15) is 0 Å². The Labute approximate surface area is 195 Å². The zero-order valence-corrected chi connectivity index (χ0v) is 19.3. The number of nitrogens with one attached hydrogen (secondary N) is 1. The number of ether oxygens (including phenoxy) is 1. The van der Waals surface area contributed by atoms with Crippen LogP contribution in [0.25, 0.3) is 0 Å². The molecule has 166 valence electrons. The minimum atomic E-state index is -0.0208. The van der Waals surface area contributed by atoms with Crippen LogP contribution >= 0.6 is 11.8 Å². The Kier molecular flexibility index (Phi) is 7.86. The number of carbonyl (C=O) groups is 1. The van der Waals surface area contributed by atoms with Crippen LogP contribution in [0.2, 0.25) is 0 Å². The minimum absolute atomic E-state index is 0.0208. The molecule has 4 nitrogen and oxygen atoms in total. The average Bonchev–Trinajstić information content (AvgIpc) is 2.85. The molecule has 4 rings (SSSR count). The maximum atomic E-state index is 12.6. The molecule has 1 saturated heterocycles. The second-order valence-corrected chi connectivity index (χ2v) is 9.03. The summed E-state index contributed by atoms with van der Waals surface area (Å²) in [6.45, 7) is 3.90. The fourth-order valence-corrected chi connectivity index (χ4v) is 4.67. The van der Waals surface area contributed by atoms with Gasteiger partial charge in [-0.25, -0.2) is 0 Å². The Morgan fingerprint density at radius 1 is 0.938 bits per heavy atom. The summed E-state index contributed by atoms with van der Waals surface area (Å²) >= 11 is 1.81. The number of para-hydroxylation sites is 1. The van der Waals surface area contributed by atoms with Gasteiger partial charge in [0.05, 0.1) is 0 Å². The number of piperidine rings is 1. The highest BCUT2D eigenvalue weighted by atomic mass is 32.2. The number of thioether (sulfide) groups is 1. The van der Waals surface area contributed by atoms with Gasteiger partial charge in [-0.05, 0) is 86.1 Å². The van der Waals surface area contributed by atoms with Crippen LogP contribution in [0.1, 0.15) is 28.8 Å². The standard InChI is InChI=1S/C27H30N2O2S/c1-32-26-10-6-5-7-23(26)20-29-17-15-21(16-18-29)19-28-27(30)22-11-13-25(14-12-22)31-24-8-3-2-4-9-24/h2-14,21H,15-20H2,1H3,(H,28,30). The van der Waals surface area contributed by atoms with Crippen molar-refractivity contribution in [2.24, 2.45) is 5.92 Å². The second kappa shape index (κ2) is 11.2. The lowest BCUT2D eigenvalue weighted by atomic mass is 9.96. The first-order valence-electron chi connectivity index (χ1n) is 11.2. The highest BCUT2D eigenvalue weighted by Gasteiger charge is 2.20. The molecule has 0 atom stereocenters. The number of amides is 1. The van der Waals surface area contributed by atoms with Crippen LogP contribution in [0.4, 0.5) is 0 Å². The molecule has 1 N–H and O–H groups in total. The molecule has 1 fully saturated rings. The number of likely N-dealkylation sites (tertiary alicyclic amines) is 1. The third kappa shape index (κ3) is 6.15. The summed E-state index contributed by atoms with van der Waals surface area (Å²) in [5.74, 6) is 2.02. The molecule has 0 unspecified atom stereocenters. The average molecular weight is 447 g/mol. The van der Waals surface area contributed by atoms with Crippen molar-refractivity contribution in [3.8, 4) is 11.5 Å². The van der Waals surface area contributed by atoms with Crippen molar-refractivity contribution in [1.29, 1.82) is 0 Å². The predicted octanol–water partition coefficient (Wildman–Crippen LogP) is 5.84. The molecule has 1 amide bonds. The van der Waals surface area contributed by atoms with Gasteiger partial charge in [0.15, 0.2) is 0 Å². The van der Waals surface area contributed by atoms with E-state index in [4.69, 9.17) is 4.74 Å². The fraction of sp³-hybridized carbons (Fsp3) is 0.296. The fourth-order valence-electron chi connectivity index (χ4n) is 4.06. The van der Waals surface area contributed by atoms with Gasteiger partial charge in [-0.1, -0.05) is 36.4 Å². The SMILES string of the molecule is CSc1ccccc1CN1CCC(CNC(=O)c2ccc(Oc3ccccc3)cc2)CC1. The van der Waals surface area contributed by atoms with Crippen LogP contribution in [-0.4, -0.2) is 36.7 Å². The molecule has 1 heterocycles. The van der Waals surface area contributed by atoms with Crippen LogP contribution < -0.4 is 10.1 Å². The van der Waals surface area contributed by atoms with E-state index in [0.717, 1.165) is 50.5 Å². The summed E-state index contributed by atoms with van der Waals surface area (Å²) in [6, 6.07) is 25.6. The Bertz CT molecular complexity index is 1000. The van der Waals surface area contributed by atoms with E-state index in [-0.39, 0.29) is 5.91 Å². The Balaban J connectivity index is 1.21. The third-order valence-electron chi connectivity index (χ3n) is 5.94. The van der Waals surface area contributed by atoms with E-state index in [9.17, 15) is 4.79 Å². The van der Waals surface area contributed by atoms with E-state index < -0.39 is 0 Å². The van der Waals surface area contributed by atoms with Gasteiger partial charge >= 0.3 is 0 Å². The molecule has 0 aromatic heterocycles. The number of carbonyl (C=O) groups excluding carboxylic acids is 1. The van der Waals surface area contributed by atoms with Crippen LogP contribution in [0.3, 0.4) is 0 Å². The van der Waals surface area contributed by atoms with Gasteiger partial charge in [0, 0.05) is 23.5 Å². The molecule has 0 radical (unpaired) electrons. The number of benzene rings is 3. The highest BCUT2D eigenvalue weighted by molar-refractivity contribution is 7.98. The zero-order chi connectivity index (χ0) is 22.2. The normalized spacial score (nSPS) is 14.8. The number of hydrogen-bond acceptors (Lipinski definition) is 4. The summed E-state index contributed by atoms with van der Waals surface area (Å²) < 4.78 is 5.80. The van der Waals surface area contributed by atoms with Crippen molar-refractivity contribution in [1.82, 2.24) is 10.2 Å². The molecule has 1 aliphatic rings. The first-order chi connectivity index (χ1) is 15.7. The minimum Gasteiger partial charge on any atom is -0.457 e. The van der Waals surface area contributed by atoms with Gasteiger partial charge in [-0.15, -0.1) is 11.8 Å². The molecule has 0 bridgehead atoms. The Hall–Kier alpha value is -2.76. The van der Waals surface area contributed by atoms with Crippen LogP contribution in [-0.2, 0) is 6.54 Å². The van der Waals surface area contributed by atoms with Crippen LogP contribution in [0.5, 0.6) is 11.5 Å². The van der Waals surface area contributed by atoms with Gasteiger partial charge in [-0.3, -0.25) is 9.69 Å². The summed E-state index contributed by atoms with van der Waals surface area (Å²) in [5, 5.41) is 3.12. The number of rotatable bonds is 8. The van der Waals surface area contributed by atoms with E-state index in [0.29, 0.717) is 11.5 Å². The maximum Gasteiger partial charge on any atom is 0.251 e. The summed E-state index contributed by atoms with van der Waals surface area (Å²) in [5.41, 5.74) is 2.07. The van der Waals surface area contributed by atoms with E-state index >= 15 is 0 Å². The molecule has 0 spiro atoms. The molecule has 1 aliphatic heterocycles. The van der Waals surface area contributed by atoms with E-state index in [1.54, 1.807) is 0 Å². The van der Waals surface area contributed by atoms with Crippen molar-refractivity contribution >= 4 is 17.7 Å². The van der Waals surface area contributed by atoms with Crippen molar-refractivity contribution in [3.05, 3.63) is 90.0 Å². The smallest absolute Gasteiger partial charge is 0.251 e. The van der Waals surface area contributed by atoms with Gasteiger partial charge in [0.1, 0.15) is 11.5 Å². The maximum absolute atomic E-state index is 12.6. The molecule has 32 heavy (non-hydrogen) atoms. The first kappa shape index (κ1) is 22.4. The molecule has 5 heteroatoms. The van der Waals surface area contributed by atoms with E-state index in [1.807, 2.05) is 66.4 Å². The molecule has 0 saturated carbocycles. The molecular weight excluding hydrogens is 416 g/mol. The monoisotopic (exact) mass is 446 g/mol. The zero-order valence-electron chi connectivity index (χ0n) is 18.5.